The van der Waals surface area contributed by atoms with Gasteiger partial charge in [-0.2, -0.15) is 0 Å². The lowest BCUT2D eigenvalue weighted by Crippen LogP contribution is -2.69. The third-order valence-corrected chi connectivity index (χ3v) is 20.6. The predicted molar refractivity (Wildman–Crippen MR) is 279 cm³/mol. The third-order valence-electron chi connectivity index (χ3n) is 20.6. The molecule has 440 valence electrons. The molecule has 0 aromatic rings. The molecule has 0 radical (unpaired) electrons. The molecule has 0 bridgehead atoms. The molecule has 79 heavy (non-hydrogen) atoms. The predicted octanol–water partition coefficient (Wildman–Crippen LogP) is 3.11. The van der Waals surface area contributed by atoms with E-state index in [4.69, 9.17) is 61.6 Å². The first-order chi connectivity index (χ1) is 38.0. The highest BCUT2D eigenvalue weighted by Gasteiger charge is 2.66. The first-order valence-electron chi connectivity index (χ1n) is 29.9. The van der Waals surface area contributed by atoms with Crippen LogP contribution in [0.4, 0.5) is 0 Å². The number of aliphatic hydroxyl groups excluding tert-OH is 5. The van der Waals surface area contributed by atoms with Gasteiger partial charge in [0.15, 0.2) is 5.79 Å². The average molecular weight is 1110 g/mol. The second kappa shape index (κ2) is 22.1. The van der Waals surface area contributed by atoms with Gasteiger partial charge in [-0.1, -0.05) is 81.5 Å². The SMILES string of the molecule is CC1CC2OC3C(CC2OC2CC4OC5CC=CCC6OC7C=CC8OC9C(CC8OC7C=CC6OC5CC(O)C4(C)OC2C1)OC1CC=CC(/C=C\C(O)CO)OC1C9O)OC1C(OC2(CCCO2)C(C)C1(C)O)C(O)C3C. The fraction of sp³-hybridized carbons (Fsp3) is 0.833. The van der Waals surface area contributed by atoms with Crippen molar-refractivity contribution in [2.45, 2.75) is 281 Å². The Balaban J connectivity index is 0.681. The summed E-state index contributed by atoms with van der Waals surface area (Å²) in [6.45, 7) is 10.1. The Hall–Kier alpha value is -2.06. The second-order valence-electron chi connectivity index (χ2n) is 25.9. The summed E-state index contributed by atoms with van der Waals surface area (Å²) in [6.07, 6.45) is 10.9. The molecule has 9 fully saturated rings. The van der Waals surface area contributed by atoms with E-state index in [9.17, 15) is 30.6 Å². The lowest BCUT2D eigenvalue weighted by Gasteiger charge is -2.55. The molecule has 32 atom stereocenters. The molecule has 13 aliphatic rings. The van der Waals surface area contributed by atoms with Crippen LogP contribution in [0.25, 0.3) is 0 Å². The van der Waals surface area contributed by atoms with Crippen LogP contribution in [-0.4, -0.2) is 220 Å². The molecule has 0 aromatic heterocycles. The van der Waals surface area contributed by atoms with Gasteiger partial charge in [0.05, 0.1) is 123 Å². The summed E-state index contributed by atoms with van der Waals surface area (Å²) in [5.74, 6) is -1.57. The zero-order valence-electron chi connectivity index (χ0n) is 46.2. The molecule has 19 heteroatoms. The van der Waals surface area contributed by atoms with Crippen molar-refractivity contribution in [2.24, 2.45) is 17.8 Å². The minimum atomic E-state index is -1.36. The van der Waals surface area contributed by atoms with Gasteiger partial charge in [0.2, 0.25) is 0 Å². The number of hydrogen-bond donors (Lipinski definition) is 6. The van der Waals surface area contributed by atoms with Crippen LogP contribution in [0.3, 0.4) is 0 Å². The summed E-state index contributed by atoms with van der Waals surface area (Å²) >= 11 is 0. The van der Waals surface area contributed by atoms with Crippen molar-refractivity contribution in [1.29, 1.82) is 0 Å². The van der Waals surface area contributed by atoms with Crippen LogP contribution < -0.4 is 0 Å². The molecule has 0 aromatic carbocycles. The molecule has 13 aliphatic heterocycles. The molecule has 9 saturated heterocycles. The van der Waals surface area contributed by atoms with Crippen LogP contribution in [0.15, 0.2) is 60.8 Å². The van der Waals surface area contributed by atoms with Crippen LogP contribution in [0.2, 0.25) is 0 Å². The number of hydrogen-bond acceptors (Lipinski definition) is 19. The van der Waals surface area contributed by atoms with Crippen molar-refractivity contribution in [3.05, 3.63) is 60.8 Å². The first kappa shape index (κ1) is 56.1. The average Bonchev–Trinajstić information content (AvgIpc) is 3.82. The summed E-state index contributed by atoms with van der Waals surface area (Å²) in [5, 5.41) is 67.6. The van der Waals surface area contributed by atoms with E-state index in [1.807, 2.05) is 57.2 Å². The van der Waals surface area contributed by atoms with E-state index in [0.717, 1.165) is 6.42 Å². The molecule has 32 unspecified atom stereocenters. The summed E-state index contributed by atoms with van der Waals surface area (Å²) in [5.41, 5.74) is -2.41. The quantitative estimate of drug-likeness (QED) is 0.223. The van der Waals surface area contributed by atoms with Crippen LogP contribution >= 0.6 is 0 Å². The van der Waals surface area contributed by atoms with Crippen LogP contribution in [0, 0.1) is 17.8 Å². The van der Waals surface area contributed by atoms with E-state index in [0.29, 0.717) is 64.4 Å². The Labute approximate surface area is 463 Å². The maximum Gasteiger partial charge on any atom is 0.174 e. The van der Waals surface area contributed by atoms with E-state index >= 15 is 0 Å². The molecule has 1 spiro atoms. The number of aliphatic hydroxyl groups is 6. The van der Waals surface area contributed by atoms with Gasteiger partial charge in [-0.25, -0.2) is 0 Å². The summed E-state index contributed by atoms with van der Waals surface area (Å²) in [4.78, 5) is 0. The van der Waals surface area contributed by atoms with E-state index in [1.165, 1.54) is 6.08 Å². The Morgan fingerprint density at radius 1 is 0.557 bits per heavy atom. The van der Waals surface area contributed by atoms with E-state index in [2.05, 4.69) is 19.1 Å². The fourth-order valence-electron chi connectivity index (χ4n) is 15.9. The Bertz CT molecular complexity index is 2300. The van der Waals surface area contributed by atoms with Crippen molar-refractivity contribution in [3.63, 3.8) is 0 Å². The fourth-order valence-corrected chi connectivity index (χ4v) is 15.9. The van der Waals surface area contributed by atoms with Gasteiger partial charge in [-0.15, -0.1) is 0 Å². The van der Waals surface area contributed by atoms with Crippen molar-refractivity contribution in [3.8, 4) is 0 Å². The first-order valence-corrected chi connectivity index (χ1v) is 29.9. The van der Waals surface area contributed by atoms with E-state index in [1.54, 1.807) is 13.0 Å². The normalized spacial score (nSPS) is 56.4. The molecular formula is C60H86O19. The lowest BCUT2D eigenvalue weighted by molar-refractivity contribution is -0.371. The lowest BCUT2D eigenvalue weighted by atomic mass is 9.72. The summed E-state index contributed by atoms with van der Waals surface area (Å²) in [6, 6.07) is 0. The highest BCUT2D eigenvalue weighted by Crippen LogP contribution is 2.53. The minimum Gasteiger partial charge on any atom is -0.393 e. The van der Waals surface area contributed by atoms with Gasteiger partial charge >= 0.3 is 0 Å². The smallest absolute Gasteiger partial charge is 0.174 e. The minimum absolute atomic E-state index is 0.183. The standard InChI is InChI=1S/C60H86O19/c1-29-22-41-43(25-47-53(76-41)30(2)51(64)56-57(77-47)58(4,66)31(3)60(79-56)20-9-21-67-60)73-45-27-50-59(5,78-46(45)23-29)49(63)26-44-35(74-50)12-7-6-11-34-36(71-44)16-17-38-37(69-34)18-19-39-42(70-38)24-48-55(75-39)52(65)54-40(72-48)13-8-10-33(68-54)15-14-32(62)28-61/h6-8,10,14-19,29-57,61-66H,9,11-13,20-28H2,1-5H3/b7-6?,15-14-. The number of fused-ring (bicyclic) bond motifs is 11. The van der Waals surface area contributed by atoms with Crippen LogP contribution in [-0.2, 0) is 61.6 Å². The van der Waals surface area contributed by atoms with E-state index < -0.39 is 164 Å². The Morgan fingerprint density at radius 3 is 1.96 bits per heavy atom. The topological polar surface area (TPSA) is 241 Å². The van der Waals surface area contributed by atoms with Gasteiger partial charge in [0, 0.05) is 43.9 Å². The van der Waals surface area contributed by atoms with E-state index in [-0.39, 0.29) is 42.7 Å². The Morgan fingerprint density at radius 2 is 1.19 bits per heavy atom. The summed E-state index contributed by atoms with van der Waals surface area (Å²) < 4.78 is 88.8. The Kier molecular flexibility index (Phi) is 15.7. The van der Waals surface area contributed by atoms with Crippen molar-refractivity contribution in [1.82, 2.24) is 0 Å². The van der Waals surface area contributed by atoms with Gasteiger partial charge in [-0.3, -0.25) is 0 Å². The third kappa shape index (κ3) is 10.3. The molecule has 0 amide bonds. The van der Waals surface area contributed by atoms with Gasteiger partial charge in [0.25, 0.3) is 0 Å². The largest absolute Gasteiger partial charge is 0.393 e. The molecule has 13 rings (SSSR count). The van der Waals surface area contributed by atoms with Crippen molar-refractivity contribution >= 4 is 0 Å². The van der Waals surface area contributed by atoms with Crippen molar-refractivity contribution in [2.75, 3.05) is 13.2 Å². The monoisotopic (exact) mass is 1110 g/mol. The van der Waals surface area contributed by atoms with Gasteiger partial charge in [-0.05, 0) is 58.3 Å². The molecule has 19 nitrogen and oxygen atoms in total. The van der Waals surface area contributed by atoms with Crippen LogP contribution in [0.1, 0.15) is 105 Å². The van der Waals surface area contributed by atoms with Gasteiger partial charge < -0.3 is 92.2 Å². The highest BCUT2D eigenvalue weighted by molar-refractivity contribution is 5.18. The molecule has 0 aliphatic carbocycles. The second-order valence-corrected chi connectivity index (χ2v) is 25.9. The van der Waals surface area contributed by atoms with Gasteiger partial charge in [0.1, 0.15) is 60.5 Å². The zero-order chi connectivity index (χ0) is 54.7. The highest BCUT2D eigenvalue weighted by atomic mass is 16.7. The molecule has 0 saturated carbocycles. The number of rotatable bonds is 3. The maximum atomic E-state index is 12.4. The number of ether oxygens (including phenoxy) is 13. The molecule has 6 N–H and O–H groups in total. The summed E-state index contributed by atoms with van der Waals surface area (Å²) in [7, 11) is 0. The van der Waals surface area contributed by atoms with Crippen LogP contribution in [0.5, 0.6) is 0 Å². The van der Waals surface area contributed by atoms with Crippen molar-refractivity contribution < 1.29 is 92.2 Å². The molecule has 13 heterocycles. The molecular weight excluding hydrogens is 1020 g/mol. The zero-order valence-corrected chi connectivity index (χ0v) is 46.2. The maximum absolute atomic E-state index is 12.4.